The molecular formula is C16H25NO5S. The van der Waals surface area contributed by atoms with Gasteiger partial charge in [-0.05, 0) is 52.8 Å². The molecule has 0 spiro atoms. The van der Waals surface area contributed by atoms with Crippen LogP contribution in [0.4, 0.5) is 0 Å². The number of carbonyl (C=O) groups excluding carboxylic acids is 1. The number of hydrogen-bond donors (Lipinski definition) is 1. The van der Waals surface area contributed by atoms with Crippen molar-refractivity contribution in [2.75, 3.05) is 13.1 Å². The van der Waals surface area contributed by atoms with Gasteiger partial charge in [0.25, 0.3) is 16.6 Å². The van der Waals surface area contributed by atoms with Crippen LogP contribution >= 0.6 is 0 Å². The highest BCUT2D eigenvalue weighted by molar-refractivity contribution is 7.86. The van der Waals surface area contributed by atoms with Crippen LogP contribution in [0.1, 0.15) is 32.8 Å². The van der Waals surface area contributed by atoms with Crippen molar-refractivity contribution in [1.29, 1.82) is 0 Å². The second-order valence-corrected chi connectivity index (χ2v) is 7.88. The van der Waals surface area contributed by atoms with Crippen LogP contribution in [0.15, 0.2) is 29.2 Å². The number of ether oxygens (including phenoxy) is 1. The van der Waals surface area contributed by atoms with Gasteiger partial charge >= 0.3 is 0 Å². The van der Waals surface area contributed by atoms with Crippen molar-refractivity contribution in [3.63, 3.8) is 0 Å². The first-order chi connectivity index (χ1) is 10.6. The molecule has 0 amide bonds. The maximum Gasteiger partial charge on any atom is 0.297 e. The van der Waals surface area contributed by atoms with Crippen molar-refractivity contribution in [2.45, 2.75) is 50.7 Å². The molecule has 0 unspecified atom stereocenters. The van der Waals surface area contributed by atoms with Gasteiger partial charge in [-0.2, -0.15) is 8.42 Å². The highest BCUT2D eigenvalue weighted by Crippen LogP contribution is 2.17. The van der Waals surface area contributed by atoms with Gasteiger partial charge in [0.1, 0.15) is 5.60 Å². The molecule has 1 aliphatic heterocycles. The minimum atomic E-state index is -3.60. The molecular weight excluding hydrogens is 318 g/mol. The molecule has 130 valence electrons. The van der Waals surface area contributed by atoms with Crippen LogP contribution in [0.2, 0.25) is 0 Å². The first-order valence-corrected chi connectivity index (χ1v) is 8.87. The van der Waals surface area contributed by atoms with E-state index < -0.39 is 10.1 Å². The molecule has 1 heterocycles. The van der Waals surface area contributed by atoms with E-state index in [9.17, 15) is 13.2 Å². The Bertz CT molecular complexity index is 584. The van der Waals surface area contributed by atoms with Crippen LogP contribution in [0.5, 0.6) is 0 Å². The summed E-state index contributed by atoms with van der Waals surface area (Å²) < 4.78 is 33.4. The van der Waals surface area contributed by atoms with Gasteiger partial charge in [0.05, 0.1) is 11.0 Å². The van der Waals surface area contributed by atoms with Crippen molar-refractivity contribution in [3.8, 4) is 0 Å². The SMILES string of the molecule is CC(C)(C)OC=O.Cc1ccc(S(=O)(=O)O[C@H]2CCNC2)cc1. The molecule has 0 radical (unpaired) electrons. The van der Waals surface area contributed by atoms with Gasteiger partial charge in [-0.25, -0.2) is 0 Å². The highest BCUT2D eigenvalue weighted by Gasteiger charge is 2.24. The van der Waals surface area contributed by atoms with E-state index >= 15 is 0 Å². The number of carbonyl (C=O) groups is 1. The topological polar surface area (TPSA) is 81.7 Å². The van der Waals surface area contributed by atoms with E-state index in [1.807, 2.05) is 27.7 Å². The smallest absolute Gasteiger partial charge is 0.297 e. The fourth-order valence-electron chi connectivity index (χ4n) is 1.79. The Morgan fingerprint density at radius 2 is 1.83 bits per heavy atom. The zero-order valence-corrected chi connectivity index (χ0v) is 14.9. The summed E-state index contributed by atoms with van der Waals surface area (Å²) in [4.78, 5) is 9.83. The molecule has 0 aromatic heterocycles. The van der Waals surface area contributed by atoms with E-state index in [-0.39, 0.29) is 16.6 Å². The molecule has 0 saturated carbocycles. The van der Waals surface area contributed by atoms with E-state index in [2.05, 4.69) is 10.1 Å². The van der Waals surface area contributed by atoms with E-state index in [1.54, 1.807) is 24.3 Å². The lowest BCUT2D eigenvalue weighted by atomic mass is 10.2. The Labute approximate surface area is 138 Å². The lowest BCUT2D eigenvalue weighted by molar-refractivity contribution is -0.138. The van der Waals surface area contributed by atoms with Crippen LogP contribution in [0.3, 0.4) is 0 Å². The lowest BCUT2D eigenvalue weighted by Crippen LogP contribution is -2.21. The Morgan fingerprint density at radius 3 is 2.22 bits per heavy atom. The molecule has 1 aromatic carbocycles. The summed E-state index contributed by atoms with van der Waals surface area (Å²) in [5.41, 5.74) is 0.711. The van der Waals surface area contributed by atoms with Gasteiger partial charge in [0, 0.05) is 6.54 Å². The summed E-state index contributed by atoms with van der Waals surface area (Å²) in [7, 11) is -3.60. The monoisotopic (exact) mass is 343 g/mol. The molecule has 1 fully saturated rings. The van der Waals surface area contributed by atoms with Crippen molar-refractivity contribution < 1.29 is 22.1 Å². The third-order valence-electron chi connectivity index (χ3n) is 2.99. The second kappa shape index (κ2) is 8.42. The molecule has 1 aliphatic rings. The average Bonchev–Trinajstić information content (AvgIpc) is 2.90. The largest absolute Gasteiger partial charge is 0.462 e. The fraction of sp³-hybridized carbons (Fsp3) is 0.562. The molecule has 1 N–H and O–H groups in total. The number of benzene rings is 1. The van der Waals surface area contributed by atoms with Gasteiger partial charge in [-0.1, -0.05) is 17.7 Å². The molecule has 1 saturated heterocycles. The summed E-state index contributed by atoms with van der Waals surface area (Å²) in [6.07, 6.45) is 0.511. The number of hydrogen-bond acceptors (Lipinski definition) is 6. The Balaban J connectivity index is 0.000000322. The average molecular weight is 343 g/mol. The molecule has 6 nitrogen and oxygen atoms in total. The van der Waals surface area contributed by atoms with Crippen LogP contribution in [0, 0.1) is 6.92 Å². The van der Waals surface area contributed by atoms with Gasteiger partial charge in [-0.15, -0.1) is 0 Å². The standard InChI is InChI=1S/C11H15NO3S.C5H10O2/c1-9-2-4-11(5-3-9)16(13,14)15-10-6-7-12-8-10;1-5(2,3)7-4-6/h2-5,10,12H,6-8H2,1H3;4H,1-3H3/t10-;/m0./s1. The second-order valence-electron chi connectivity index (χ2n) is 6.30. The van der Waals surface area contributed by atoms with E-state index in [1.165, 1.54) is 0 Å². The highest BCUT2D eigenvalue weighted by atomic mass is 32.2. The predicted molar refractivity (Wildman–Crippen MR) is 87.6 cm³/mol. The third kappa shape index (κ3) is 7.58. The summed E-state index contributed by atoms with van der Waals surface area (Å²) in [6, 6.07) is 6.69. The number of nitrogens with one attached hydrogen (secondary N) is 1. The summed E-state index contributed by atoms with van der Waals surface area (Å²) in [5, 5.41) is 3.07. The summed E-state index contributed by atoms with van der Waals surface area (Å²) in [6.45, 7) is 9.25. The lowest BCUT2D eigenvalue weighted by Gasteiger charge is -2.14. The molecule has 0 bridgehead atoms. The van der Waals surface area contributed by atoms with Gasteiger partial charge in [0.15, 0.2) is 0 Å². The third-order valence-corrected chi connectivity index (χ3v) is 4.36. The Hall–Kier alpha value is -1.44. The maximum absolute atomic E-state index is 11.8. The number of aryl methyl sites for hydroxylation is 1. The molecule has 2 rings (SSSR count). The van der Waals surface area contributed by atoms with Gasteiger partial charge in [0.2, 0.25) is 0 Å². The normalized spacial score (nSPS) is 18.0. The van der Waals surface area contributed by atoms with Crippen molar-refractivity contribution in [1.82, 2.24) is 5.32 Å². The first kappa shape index (κ1) is 19.6. The number of rotatable bonds is 4. The van der Waals surface area contributed by atoms with Crippen LogP contribution in [-0.2, 0) is 23.8 Å². The van der Waals surface area contributed by atoms with Crippen molar-refractivity contribution in [3.05, 3.63) is 29.8 Å². The maximum atomic E-state index is 11.8. The Kier molecular flexibility index (Phi) is 7.18. The van der Waals surface area contributed by atoms with Crippen molar-refractivity contribution >= 4 is 16.6 Å². The zero-order valence-electron chi connectivity index (χ0n) is 14.0. The quantitative estimate of drug-likeness (QED) is 0.665. The van der Waals surface area contributed by atoms with E-state index in [0.29, 0.717) is 13.0 Å². The minimum Gasteiger partial charge on any atom is -0.462 e. The van der Waals surface area contributed by atoms with Crippen molar-refractivity contribution in [2.24, 2.45) is 0 Å². The molecule has 1 aromatic rings. The molecule has 7 heteroatoms. The minimum absolute atomic E-state index is 0.227. The summed E-state index contributed by atoms with van der Waals surface area (Å²) >= 11 is 0. The zero-order chi connectivity index (χ0) is 17.5. The van der Waals surface area contributed by atoms with Gasteiger partial charge < -0.3 is 10.1 Å². The van der Waals surface area contributed by atoms with E-state index in [4.69, 9.17) is 4.18 Å². The van der Waals surface area contributed by atoms with Gasteiger partial charge in [-0.3, -0.25) is 8.98 Å². The van der Waals surface area contributed by atoms with E-state index in [0.717, 1.165) is 18.5 Å². The molecule has 0 aliphatic carbocycles. The molecule has 1 atom stereocenters. The van der Waals surface area contributed by atoms with Crippen LogP contribution in [0.25, 0.3) is 0 Å². The van der Waals surface area contributed by atoms with Crippen LogP contribution < -0.4 is 5.32 Å². The fourth-order valence-corrected chi connectivity index (χ4v) is 2.90. The summed E-state index contributed by atoms with van der Waals surface area (Å²) in [5.74, 6) is 0. The molecule has 23 heavy (non-hydrogen) atoms. The first-order valence-electron chi connectivity index (χ1n) is 7.46. The predicted octanol–water partition coefficient (Wildman–Crippen LogP) is 2.02. The van der Waals surface area contributed by atoms with Crippen LogP contribution in [-0.4, -0.2) is 39.7 Å². The Morgan fingerprint density at radius 1 is 1.22 bits per heavy atom.